The molecule has 0 aliphatic rings. The number of carbonyl (C=O) groups excluding carboxylic acids is 1. The van der Waals surface area contributed by atoms with E-state index in [1.165, 1.54) is 13.2 Å². The summed E-state index contributed by atoms with van der Waals surface area (Å²) in [5.41, 5.74) is 4.88. The Morgan fingerprint density at radius 2 is 2.54 bits per heavy atom. The van der Waals surface area contributed by atoms with E-state index >= 15 is 0 Å². The molecule has 5 nitrogen and oxygen atoms in total. The van der Waals surface area contributed by atoms with Crippen LogP contribution in [0.1, 0.15) is 16.1 Å². The number of primary amides is 1. The van der Waals surface area contributed by atoms with Crippen molar-refractivity contribution in [1.82, 2.24) is 4.98 Å². The molecule has 2 N–H and O–H groups in total. The van der Waals surface area contributed by atoms with E-state index in [0.29, 0.717) is 0 Å². The summed E-state index contributed by atoms with van der Waals surface area (Å²) in [4.78, 5) is 14.5. The van der Waals surface area contributed by atoms with Crippen molar-refractivity contribution in [3.63, 3.8) is 0 Å². The number of hydrogen-bond acceptors (Lipinski definition) is 4. The monoisotopic (exact) mass is 176 g/mol. The molecule has 1 heterocycles. The van der Waals surface area contributed by atoms with Crippen LogP contribution in [0.15, 0.2) is 6.07 Å². The fraction of sp³-hybridized carbons (Fsp3) is 0.125. The smallest absolute Gasteiger partial charge is 0.252 e. The Hall–Kier alpha value is -2.09. The van der Waals surface area contributed by atoms with Crippen LogP contribution in [0.3, 0.4) is 0 Å². The number of methoxy groups -OCH3 is 1. The van der Waals surface area contributed by atoms with Crippen LogP contribution in [-0.2, 0) is 0 Å². The molecule has 0 aliphatic heterocycles. The molecule has 1 amide bonds. The molecular formula is C8H6N3O2. The predicted octanol–water partition coefficient (Wildman–Crippen LogP) is -0.139. The Labute approximate surface area is 74.8 Å². The second kappa shape index (κ2) is 3.54. The minimum Gasteiger partial charge on any atom is -0.481 e. The van der Waals surface area contributed by atoms with E-state index in [9.17, 15) is 4.79 Å². The van der Waals surface area contributed by atoms with Crippen LogP contribution in [0.2, 0.25) is 0 Å². The first-order valence-corrected chi connectivity index (χ1v) is 3.35. The summed E-state index contributed by atoms with van der Waals surface area (Å²) in [5, 5.41) is 8.59. The van der Waals surface area contributed by atoms with Crippen molar-refractivity contribution in [3.8, 4) is 11.9 Å². The van der Waals surface area contributed by atoms with Gasteiger partial charge in [-0.05, 0) is 0 Å². The Morgan fingerprint density at radius 1 is 1.85 bits per heavy atom. The van der Waals surface area contributed by atoms with E-state index in [2.05, 4.69) is 11.1 Å². The van der Waals surface area contributed by atoms with Gasteiger partial charge >= 0.3 is 0 Å². The summed E-state index contributed by atoms with van der Waals surface area (Å²) in [7, 11) is 1.40. The largest absolute Gasteiger partial charge is 0.481 e. The quantitative estimate of drug-likeness (QED) is 0.679. The van der Waals surface area contributed by atoms with Crippen LogP contribution in [0.4, 0.5) is 0 Å². The molecule has 0 saturated carbocycles. The fourth-order valence-corrected chi connectivity index (χ4v) is 0.774. The third-order valence-electron chi connectivity index (χ3n) is 1.36. The van der Waals surface area contributed by atoms with Crippen LogP contribution in [0, 0.1) is 17.4 Å². The third kappa shape index (κ3) is 1.73. The molecule has 1 aromatic rings. The average molecular weight is 176 g/mol. The SMILES string of the molecule is COc1c[c]c(C(N)=O)c(C#N)n1. The second-order valence-electron chi connectivity index (χ2n) is 2.14. The molecule has 65 valence electrons. The Balaban J connectivity index is 3.26. The number of ether oxygens (including phenoxy) is 1. The van der Waals surface area contributed by atoms with Gasteiger partial charge in [-0.15, -0.1) is 0 Å². The number of amides is 1. The van der Waals surface area contributed by atoms with Crippen LogP contribution in [-0.4, -0.2) is 18.0 Å². The van der Waals surface area contributed by atoms with E-state index in [4.69, 9.17) is 15.7 Å². The topological polar surface area (TPSA) is 89.0 Å². The lowest BCUT2D eigenvalue weighted by atomic mass is 10.2. The number of pyridine rings is 1. The lowest BCUT2D eigenvalue weighted by Crippen LogP contribution is -2.14. The van der Waals surface area contributed by atoms with Crippen molar-refractivity contribution in [1.29, 1.82) is 5.26 Å². The van der Waals surface area contributed by atoms with Gasteiger partial charge in [-0.3, -0.25) is 4.79 Å². The number of hydrogen-bond donors (Lipinski definition) is 1. The molecule has 0 aromatic carbocycles. The molecule has 1 rings (SSSR count). The van der Waals surface area contributed by atoms with E-state index in [1.807, 2.05) is 0 Å². The molecule has 0 fully saturated rings. The highest BCUT2D eigenvalue weighted by Gasteiger charge is 2.10. The minimum absolute atomic E-state index is 0.0247. The molecule has 1 aromatic heterocycles. The maximum atomic E-state index is 10.7. The van der Waals surface area contributed by atoms with Crippen LogP contribution >= 0.6 is 0 Å². The first-order valence-electron chi connectivity index (χ1n) is 3.35. The maximum absolute atomic E-state index is 10.7. The molecule has 0 spiro atoms. The van der Waals surface area contributed by atoms with Crippen molar-refractivity contribution < 1.29 is 9.53 Å². The number of nitriles is 1. The Bertz CT molecular complexity index is 381. The van der Waals surface area contributed by atoms with Gasteiger partial charge in [0.1, 0.15) is 6.07 Å². The van der Waals surface area contributed by atoms with Gasteiger partial charge in [-0.25, -0.2) is 4.98 Å². The maximum Gasteiger partial charge on any atom is 0.252 e. The lowest BCUT2D eigenvalue weighted by Gasteiger charge is -2.00. The van der Waals surface area contributed by atoms with E-state index in [1.54, 1.807) is 6.07 Å². The molecule has 0 aliphatic carbocycles. The lowest BCUT2D eigenvalue weighted by molar-refractivity contribution is 0.0999. The molecule has 13 heavy (non-hydrogen) atoms. The summed E-state index contributed by atoms with van der Waals surface area (Å²) in [6, 6.07) is 5.60. The molecule has 0 bridgehead atoms. The summed E-state index contributed by atoms with van der Waals surface area (Å²) >= 11 is 0. The van der Waals surface area contributed by atoms with Gasteiger partial charge in [-0.1, -0.05) is 0 Å². The predicted molar refractivity (Wildman–Crippen MR) is 42.9 cm³/mol. The Morgan fingerprint density at radius 3 is 3.00 bits per heavy atom. The standard InChI is InChI=1S/C8H6N3O2/c1-13-7-3-2-5(8(10)12)6(4-9)11-7/h3H,1H3,(H2,10,12). The average Bonchev–Trinajstić information content (AvgIpc) is 2.16. The van der Waals surface area contributed by atoms with Crippen LogP contribution < -0.4 is 10.5 Å². The van der Waals surface area contributed by atoms with Crippen molar-refractivity contribution >= 4 is 5.91 Å². The van der Waals surface area contributed by atoms with Gasteiger partial charge < -0.3 is 10.5 Å². The first-order chi connectivity index (χ1) is 6.19. The zero-order valence-corrected chi connectivity index (χ0v) is 6.87. The molecule has 0 unspecified atom stereocenters. The summed E-state index contributed by atoms with van der Waals surface area (Å²) in [5.74, 6) is -0.506. The van der Waals surface area contributed by atoms with E-state index < -0.39 is 5.91 Å². The number of aromatic nitrogens is 1. The second-order valence-corrected chi connectivity index (χ2v) is 2.14. The van der Waals surface area contributed by atoms with Crippen LogP contribution in [0.5, 0.6) is 5.88 Å². The van der Waals surface area contributed by atoms with Crippen molar-refractivity contribution in [2.24, 2.45) is 5.73 Å². The van der Waals surface area contributed by atoms with Crippen LogP contribution in [0.25, 0.3) is 0 Å². The minimum atomic E-state index is -0.730. The van der Waals surface area contributed by atoms with Gasteiger partial charge in [0.05, 0.1) is 12.7 Å². The molecule has 5 heteroatoms. The number of nitrogens with two attached hydrogens (primary N) is 1. The fourth-order valence-electron chi connectivity index (χ4n) is 0.774. The summed E-state index contributed by atoms with van der Waals surface area (Å²) < 4.78 is 4.75. The molecule has 0 atom stereocenters. The first kappa shape index (κ1) is 9.00. The highest BCUT2D eigenvalue weighted by Crippen LogP contribution is 2.10. The van der Waals surface area contributed by atoms with E-state index in [-0.39, 0.29) is 17.1 Å². The van der Waals surface area contributed by atoms with Crippen molar-refractivity contribution in [3.05, 3.63) is 23.4 Å². The molecular weight excluding hydrogens is 170 g/mol. The van der Waals surface area contributed by atoms with Gasteiger partial charge in [0.15, 0.2) is 5.69 Å². The molecule has 0 saturated heterocycles. The van der Waals surface area contributed by atoms with Crippen molar-refractivity contribution in [2.45, 2.75) is 0 Å². The zero-order valence-electron chi connectivity index (χ0n) is 6.87. The van der Waals surface area contributed by atoms with Gasteiger partial charge in [-0.2, -0.15) is 5.26 Å². The zero-order chi connectivity index (χ0) is 9.84. The van der Waals surface area contributed by atoms with Gasteiger partial charge in [0.25, 0.3) is 5.91 Å². The van der Waals surface area contributed by atoms with E-state index in [0.717, 1.165) is 0 Å². The third-order valence-corrected chi connectivity index (χ3v) is 1.36. The highest BCUT2D eigenvalue weighted by atomic mass is 16.5. The van der Waals surface area contributed by atoms with Crippen molar-refractivity contribution in [2.75, 3.05) is 7.11 Å². The summed E-state index contributed by atoms with van der Waals surface area (Å²) in [6.07, 6.45) is 0. The normalized spacial score (nSPS) is 8.92. The number of rotatable bonds is 2. The number of nitrogens with zero attached hydrogens (tertiary/aromatic N) is 2. The Kier molecular flexibility index (Phi) is 2.45. The molecule has 1 radical (unpaired) electrons. The summed E-state index contributed by atoms with van der Waals surface area (Å²) in [6.45, 7) is 0. The van der Waals surface area contributed by atoms with Gasteiger partial charge in [0.2, 0.25) is 5.88 Å². The van der Waals surface area contributed by atoms with Gasteiger partial charge in [0, 0.05) is 12.1 Å². The highest BCUT2D eigenvalue weighted by molar-refractivity contribution is 5.94. The number of carbonyl (C=O) groups is 1.